The van der Waals surface area contributed by atoms with E-state index < -0.39 is 17.4 Å². The van der Waals surface area contributed by atoms with Crippen LogP contribution in [0.5, 0.6) is 0 Å². The van der Waals surface area contributed by atoms with Crippen LogP contribution in [0.2, 0.25) is 0 Å². The molecule has 13 heteroatoms. The summed E-state index contributed by atoms with van der Waals surface area (Å²) >= 11 is 1.57. The van der Waals surface area contributed by atoms with Crippen LogP contribution in [0.1, 0.15) is 63.1 Å². The maximum Gasteiger partial charge on any atom is 0.191 e. The summed E-state index contributed by atoms with van der Waals surface area (Å²) in [4.78, 5) is 12.2. The van der Waals surface area contributed by atoms with Crippen LogP contribution in [-0.4, -0.2) is 79.2 Å². The largest absolute Gasteiger partial charge is 0.394 e. The lowest BCUT2D eigenvalue weighted by atomic mass is 10.1. The predicted molar refractivity (Wildman–Crippen MR) is 169 cm³/mol. The smallest absolute Gasteiger partial charge is 0.191 e. The highest BCUT2D eigenvalue weighted by molar-refractivity contribution is 7.99. The summed E-state index contributed by atoms with van der Waals surface area (Å²) in [6.07, 6.45) is 1.27. The van der Waals surface area contributed by atoms with Gasteiger partial charge < -0.3 is 24.2 Å². The molecule has 244 valence electrons. The van der Waals surface area contributed by atoms with Gasteiger partial charge in [-0.15, -0.1) is 5.10 Å². The van der Waals surface area contributed by atoms with E-state index in [1.165, 1.54) is 12.1 Å². The number of nitrogens with zero attached hydrogens (tertiary/aromatic N) is 6. The van der Waals surface area contributed by atoms with Gasteiger partial charge in [0.15, 0.2) is 39.6 Å². The highest BCUT2D eigenvalue weighted by Crippen LogP contribution is 2.49. The minimum absolute atomic E-state index is 0.00286. The van der Waals surface area contributed by atoms with Gasteiger partial charge in [-0.1, -0.05) is 60.3 Å². The van der Waals surface area contributed by atoms with E-state index in [2.05, 4.69) is 34.3 Å². The third kappa shape index (κ3) is 6.11. The lowest BCUT2D eigenvalue weighted by molar-refractivity contribution is -0.171. The molecule has 3 aliphatic rings. The summed E-state index contributed by atoms with van der Waals surface area (Å²) in [6, 6.07) is 14.0. The van der Waals surface area contributed by atoms with Crippen molar-refractivity contribution in [1.29, 1.82) is 0 Å². The Morgan fingerprint density at radius 2 is 1.87 bits per heavy atom. The Morgan fingerprint density at radius 1 is 1.07 bits per heavy atom. The molecule has 2 saturated carbocycles. The van der Waals surface area contributed by atoms with Crippen molar-refractivity contribution in [2.24, 2.45) is 0 Å². The molecule has 0 unspecified atom stereocenters. The molecule has 2 aromatic heterocycles. The standard InChI is InChI=1S/C33H38F2N6O4S/c1-4-14-46-32-36-30(40(18-19-8-6-5-7-9-19)24-16-21(24)20-10-11-22(34)23(35)15-20)27-31(37-32)41(39-38-27)25-17-26(43-13-12-42)29-28(25)44-33(2,3)45-29/h5-11,15,21,24-26,28-29,42H,4,12-14,16-18H2,1-3H3/t21-,24+,25+,26-,28-,29+/m0/s1. The number of rotatable bonds is 12. The van der Waals surface area contributed by atoms with Gasteiger partial charge in [0.25, 0.3) is 0 Å². The number of hydrogen-bond donors (Lipinski definition) is 1. The highest BCUT2D eigenvalue weighted by atomic mass is 32.2. The van der Waals surface area contributed by atoms with Crippen LogP contribution >= 0.6 is 11.8 Å². The van der Waals surface area contributed by atoms with Crippen molar-refractivity contribution in [2.45, 2.75) is 93.8 Å². The Morgan fingerprint density at radius 3 is 2.63 bits per heavy atom. The molecule has 1 N–H and O–H groups in total. The van der Waals surface area contributed by atoms with E-state index in [-0.39, 0.29) is 49.5 Å². The van der Waals surface area contributed by atoms with Gasteiger partial charge in [-0.05, 0) is 49.9 Å². The van der Waals surface area contributed by atoms with Gasteiger partial charge in [-0.3, -0.25) is 0 Å². The van der Waals surface area contributed by atoms with E-state index in [1.54, 1.807) is 17.8 Å². The zero-order valence-electron chi connectivity index (χ0n) is 26.1. The first-order valence-corrected chi connectivity index (χ1v) is 16.8. The van der Waals surface area contributed by atoms with Gasteiger partial charge in [0, 0.05) is 30.7 Å². The zero-order chi connectivity index (χ0) is 32.0. The third-order valence-electron chi connectivity index (χ3n) is 8.84. The molecule has 1 saturated heterocycles. The number of hydrogen-bond acceptors (Lipinski definition) is 10. The van der Waals surface area contributed by atoms with Crippen LogP contribution in [0.3, 0.4) is 0 Å². The first-order valence-electron chi connectivity index (χ1n) is 15.9. The molecule has 2 aliphatic carbocycles. The normalized spacial score (nSPS) is 26.5. The summed E-state index contributed by atoms with van der Waals surface area (Å²) in [5.41, 5.74) is 2.98. The molecule has 3 fully saturated rings. The number of aromatic nitrogens is 5. The fourth-order valence-electron chi connectivity index (χ4n) is 6.75. The lowest BCUT2D eigenvalue weighted by Gasteiger charge is -2.25. The van der Waals surface area contributed by atoms with Gasteiger partial charge in [0.1, 0.15) is 12.2 Å². The van der Waals surface area contributed by atoms with Gasteiger partial charge in [0.05, 0.1) is 25.4 Å². The fourth-order valence-corrected chi connectivity index (χ4v) is 7.44. The van der Waals surface area contributed by atoms with Crippen LogP contribution in [-0.2, 0) is 20.8 Å². The van der Waals surface area contributed by atoms with Crippen molar-refractivity contribution in [3.8, 4) is 0 Å². The Kier molecular flexibility index (Phi) is 8.70. The maximum atomic E-state index is 14.3. The maximum absolute atomic E-state index is 14.3. The molecule has 0 spiro atoms. The van der Waals surface area contributed by atoms with Crippen molar-refractivity contribution >= 4 is 28.7 Å². The zero-order valence-corrected chi connectivity index (χ0v) is 26.9. The monoisotopic (exact) mass is 652 g/mol. The SMILES string of the molecule is CCCSc1nc(N(Cc2ccccc2)[C@@H]2C[C@H]2c2ccc(F)c(F)c2)c2nnn([C@@H]3C[C@H](OCCO)[C@H]4OC(C)(C)O[C@H]43)c2n1. The minimum Gasteiger partial charge on any atom is -0.394 e. The molecule has 6 atom stereocenters. The summed E-state index contributed by atoms with van der Waals surface area (Å²) in [6.45, 7) is 6.52. The lowest BCUT2D eigenvalue weighted by Crippen LogP contribution is -2.31. The van der Waals surface area contributed by atoms with Crippen molar-refractivity contribution < 1.29 is 28.1 Å². The third-order valence-corrected chi connectivity index (χ3v) is 9.89. The molecule has 2 aromatic carbocycles. The molecule has 0 bridgehead atoms. The number of fused-ring (bicyclic) bond motifs is 2. The van der Waals surface area contributed by atoms with Crippen LogP contribution in [0.4, 0.5) is 14.6 Å². The second kappa shape index (κ2) is 12.8. The molecule has 0 radical (unpaired) electrons. The van der Waals surface area contributed by atoms with Crippen molar-refractivity contribution in [3.63, 3.8) is 0 Å². The summed E-state index contributed by atoms with van der Waals surface area (Å²) < 4.78 is 48.5. The molecule has 46 heavy (non-hydrogen) atoms. The molecule has 4 aromatic rings. The van der Waals surface area contributed by atoms with Gasteiger partial charge in [-0.25, -0.2) is 23.4 Å². The number of ether oxygens (including phenoxy) is 3. The second-order valence-corrected chi connectivity index (χ2v) is 13.6. The summed E-state index contributed by atoms with van der Waals surface area (Å²) in [5.74, 6) is -1.02. The van der Waals surface area contributed by atoms with Crippen LogP contribution in [0, 0.1) is 11.6 Å². The fraction of sp³-hybridized carbons (Fsp3) is 0.515. The molecular weight excluding hydrogens is 614 g/mol. The van der Waals surface area contributed by atoms with Gasteiger partial charge >= 0.3 is 0 Å². The minimum atomic E-state index is -0.855. The van der Waals surface area contributed by atoms with Gasteiger partial charge in [-0.2, -0.15) is 0 Å². The number of aliphatic hydroxyl groups is 1. The number of benzene rings is 2. The molecular formula is C33H38F2N6O4S. The van der Waals surface area contributed by atoms with E-state index in [0.29, 0.717) is 35.1 Å². The first kappa shape index (κ1) is 31.4. The van der Waals surface area contributed by atoms with Gasteiger partial charge in [0.2, 0.25) is 0 Å². The topological polar surface area (TPSA) is 108 Å². The first-order chi connectivity index (χ1) is 22.3. The van der Waals surface area contributed by atoms with Crippen molar-refractivity contribution in [1.82, 2.24) is 25.0 Å². The summed E-state index contributed by atoms with van der Waals surface area (Å²) in [5, 5.41) is 19.4. The number of aliphatic hydroxyl groups excluding tert-OH is 1. The van der Waals surface area contributed by atoms with E-state index in [0.717, 1.165) is 29.7 Å². The molecule has 3 heterocycles. The molecule has 1 aliphatic heterocycles. The van der Waals surface area contributed by atoms with Crippen molar-refractivity contribution in [2.75, 3.05) is 23.9 Å². The second-order valence-electron chi connectivity index (χ2n) is 12.6. The van der Waals surface area contributed by atoms with E-state index in [9.17, 15) is 13.9 Å². The predicted octanol–water partition coefficient (Wildman–Crippen LogP) is 5.41. The number of thioether (sulfide) groups is 1. The Balaban J connectivity index is 1.30. The number of anilines is 1. The van der Waals surface area contributed by atoms with E-state index >= 15 is 0 Å². The van der Waals surface area contributed by atoms with Crippen LogP contribution in [0.25, 0.3) is 11.2 Å². The average molecular weight is 653 g/mol. The Labute approximate surface area is 270 Å². The highest BCUT2D eigenvalue weighted by Gasteiger charge is 2.56. The van der Waals surface area contributed by atoms with Crippen LogP contribution < -0.4 is 4.90 Å². The quantitative estimate of drug-likeness (QED) is 0.158. The summed E-state index contributed by atoms with van der Waals surface area (Å²) in [7, 11) is 0. The number of halogens is 2. The van der Waals surface area contributed by atoms with E-state index in [4.69, 9.17) is 24.2 Å². The van der Waals surface area contributed by atoms with Crippen LogP contribution in [0.15, 0.2) is 53.7 Å². The van der Waals surface area contributed by atoms with Crippen molar-refractivity contribution in [3.05, 3.63) is 71.3 Å². The Bertz CT molecular complexity index is 1690. The van der Waals surface area contributed by atoms with E-state index in [1.807, 2.05) is 36.7 Å². The molecule has 7 rings (SSSR count). The molecule has 10 nitrogen and oxygen atoms in total. The Hall–Kier alpha value is -3.23. The molecule has 0 amide bonds. The average Bonchev–Trinajstić information content (AvgIpc) is 3.47.